The molecule has 0 radical (unpaired) electrons. The Labute approximate surface area is 101 Å². The number of hydrogen-bond donors (Lipinski definition) is 1. The van der Waals surface area contributed by atoms with Gasteiger partial charge in [0.15, 0.2) is 0 Å². The number of carbonyl (C=O) groups is 1. The van der Waals surface area contributed by atoms with Crippen LogP contribution in [0.4, 0.5) is 11.4 Å². The van der Waals surface area contributed by atoms with Crippen LogP contribution in [0.2, 0.25) is 0 Å². The van der Waals surface area contributed by atoms with Crippen molar-refractivity contribution < 1.29 is 4.79 Å². The molecule has 1 aromatic rings. The van der Waals surface area contributed by atoms with E-state index < -0.39 is 0 Å². The van der Waals surface area contributed by atoms with Gasteiger partial charge in [0.25, 0.3) is 0 Å². The lowest BCUT2D eigenvalue weighted by molar-refractivity contribution is -0.116. The van der Waals surface area contributed by atoms with Gasteiger partial charge in [-0.25, -0.2) is 0 Å². The lowest BCUT2D eigenvalue weighted by Crippen LogP contribution is -2.33. The van der Waals surface area contributed by atoms with E-state index >= 15 is 0 Å². The molecule has 0 atom stereocenters. The van der Waals surface area contributed by atoms with E-state index in [0.717, 1.165) is 18.7 Å². The predicted octanol–water partition coefficient (Wildman–Crippen LogP) is 2.37. The average molecular weight is 238 g/mol. The van der Waals surface area contributed by atoms with E-state index in [1.54, 1.807) is 16.7 Å². The molecule has 0 fully saturated rings. The number of nitrogens with two attached hydrogens (primary N) is 1. The number of nitrogens with zero attached hydrogens (tertiary/aromatic N) is 1. The molecule has 4 heteroatoms. The van der Waals surface area contributed by atoms with Crippen LogP contribution in [0.3, 0.4) is 0 Å². The highest BCUT2D eigenvalue weighted by atomic mass is 32.2. The maximum atomic E-state index is 11.9. The van der Waals surface area contributed by atoms with Gasteiger partial charge in [-0.1, -0.05) is 13.0 Å². The van der Waals surface area contributed by atoms with Crippen LogP contribution in [-0.2, 0) is 4.79 Å². The highest BCUT2D eigenvalue weighted by Gasteiger charge is 2.13. The summed E-state index contributed by atoms with van der Waals surface area (Å²) in [7, 11) is 0. The minimum absolute atomic E-state index is 0.139. The maximum absolute atomic E-state index is 11.9. The highest BCUT2D eigenvalue weighted by Crippen LogP contribution is 2.18. The summed E-state index contributed by atoms with van der Waals surface area (Å²) in [4.78, 5) is 13.7. The molecule has 2 N–H and O–H groups in total. The fourth-order valence-electron chi connectivity index (χ4n) is 1.52. The minimum Gasteiger partial charge on any atom is -0.399 e. The SMILES string of the molecule is CCCN(C(=O)CSC)c1cccc(N)c1. The summed E-state index contributed by atoms with van der Waals surface area (Å²) in [5.74, 6) is 0.648. The van der Waals surface area contributed by atoms with E-state index in [9.17, 15) is 4.79 Å². The molecule has 0 saturated carbocycles. The van der Waals surface area contributed by atoms with Gasteiger partial charge in [0.05, 0.1) is 5.75 Å². The Morgan fingerprint density at radius 2 is 2.25 bits per heavy atom. The first kappa shape index (κ1) is 12.9. The Bertz CT molecular complexity index is 355. The number of amides is 1. The molecule has 3 nitrogen and oxygen atoms in total. The van der Waals surface area contributed by atoms with Crippen molar-refractivity contribution in [2.24, 2.45) is 0 Å². The quantitative estimate of drug-likeness (QED) is 0.801. The maximum Gasteiger partial charge on any atom is 0.236 e. The zero-order chi connectivity index (χ0) is 12.0. The molecular formula is C12H18N2OS. The Kier molecular flexibility index (Phi) is 5.19. The molecule has 0 aliphatic heterocycles. The van der Waals surface area contributed by atoms with Gasteiger partial charge in [-0.2, -0.15) is 11.8 Å². The lowest BCUT2D eigenvalue weighted by Gasteiger charge is -2.22. The fourth-order valence-corrected chi connectivity index (χ4v) is 1.92. The third kappa shape index (κ3) is 3.45. The Balaban J connectivity index is 2.88. The highest BCUT2D eigenvalue weighted by molar-refractivity contribution is 7.99. The largest absolute Gasteiger partial charge is 0.399 e. The van der Waals surface area contributed by atoms with E-state index in [0.29, 0.717) is 11.4 Å². The topological polar surface area (TPSA) is 46.3 Å². The van der Waals surface area contributed by atoms with Gasteiger partial charge < -0.3 is 10.6 Å². The number of anilines is 2. The molecule has 1 amide bonds. The number of carbonyl (C=O) groups excluding carboxylic acids is 1. The van der Waals surface area contributed by atoms with Gasteiger partial charge >= 0.3 is 0 Å². The van der Waals surface area contributed by atoms with Crippen LogP contribution in [0.1, 0.15) is 13.3 Å². The molecule has 0 bridgehead atoms. The molecule has 0 heterocycles. The summed E-state index contributed by atoms with van der Waals surface area (Å²) in [6.07, 6.45) is 2.87. The molecule has 0 saturated heterocycles. The van der Waals surface area contributed by atoms with Gasteiger partial charge in [-0.15, -0.1) is 0 Å². The third-order valence-corrected chi connectivity index (χ3v) is 2.73. The molecule has 0 spiro atoms. The average Bonchev–Trinajstić information content (AvgIpc) is 2.26. The van der Waals surface area contributed by atoms with Crippen molar-refractivity contribution in [2.75, 3.05) is 29.2 Å². The molecule has 0 aromatic heterocycles. The van der Waals surface area contributed by atoms with Crippen molar-refractivity contribution in [3.05, 3.63) is 24.3 Å². The summed E-state index contributed by atoms with van der Waals surface area (Å²) in [5.41, 5.74) is 7.30. The molecular weight excluding hydrogens is 220 g/mol. The van der Waals surface area contributed by atoms with Crippen molar-refractivity contribution in [3.63, 3.8) is 0 Å². The Morgan fingerprint density at radius 1 is 1.50 bits per heavy atom. The second-order valence-corrected chi connectivity index (χ2v) is 4.44. The van der Waals surface area contributed by atoms with E-state index in [4.69, 9.17) is 5.73 Å². The van der Waals surface area contributed by atoms with Crippen LogP contribution in [0.15, 0.2) is 24.3 Å². The van der Waals surface area contributed by atoms with E-state index in [1.165, 1.54) is 0 Å². The molecule has 0 aliphatic rings. The van der Waals surface area contributed by atoms with E-state index in [-0.39, 0.29) is 5.91 Å². The van der Waals surface area contributed by atoms with Crippen LogP contribution in [0.25, 0.3) is 0 Å². The summed E-state index contributed by atoms with van der Waals surface area (Å²) in [6.45, 7) is 2.80. The van der Waals surface area contributed by atoms with E-state index in [1.807, 2.05) is 30.5 Å². The first-order valence-electron chi connectivity index (χ1n) is 5.34. The monoisotopic (exact) mass is 238 g/mol. The first-order valence-corrected chi connectivity index (χ1v) is 6.73. The molecule has 88 valence electrons. The summed E-state index contributed by atoms with van der Waals surface area (Å²) in [6, 6.07) is 7.46. The summed E-state index contributed by atoms with van der Waals surface area (Å²) in [5, 5.41) is 0. The number of hydrogen-bond acceptors (Lipinski definition) is 3. The number of benzene rings is 1. The van der Waals surface area contributed by atoms with Crippen LogP contribution < -0.4 is 10.6 Å². The second kappa shape index (κ2) is 6.43. The minimum atomic E-state index is 0.139. The number of rotatable bonds is 5. The molecule has 1 aromatic carbocycles. The van der Waals surface area contributed by atoms with E-state index in [2.05, 4.69) is 6.92 Å². The standard InChI is InChI=1S/C12H18N2OS/c1-3-7-14(12(15)9-16-2)11-6-4-5-10(13)8-11/h4-6,8H,3,7,9,13H2,1-2H3. The van der Waals surface area contributed by atoms with Gasteiger partial charge in [0, 0.05) is 17.9 Å². The van der Waals surface area contributed by atoms with Gasteiger partial charge in [-0.05, 0) is 30.9 Å². The zero-order valence-electron chi connectivity index (χ0n) is 9.77. The second-order valence-electron chi connectivity index (χ2n) is 3.57. The van der Waals surface area contributed by atoms with Gasteiger partial charge in [0.1, 0.15) is 0 Å². The Hall–Kier alpha value is -1.16. The van der Waals surface area contributed by atoms with Crippen molar-refractivity contribution in [2.45, 2.75) is 13.3 Å². The predicted molar refractivity (Wildman–Crippen MR) is 71.9 cm³/mol. The molecule has 0 aliphatic carbocycles. The fraction of sp³-hybridized carbons (Fsp3) is 0.417. The normalized spacial score (nSPS) is 10.1. The van der Waals surface area contributed by atoms with Crippen molar-refractivity contribution in [1.29, 1.82) is 0 Å². The lowest BCUT2D eigenvalue weighted by atomic mass is 10.2. The molecule has 0 unspecified atom stereocenters. The van der Waals surface area contributed by atoms with Crippen LogP contribution >= 0.6 is 11.8 Å². The third-order valence-electron chi connectivity index (χ3n) is 2.20. The number of thioether (sulfide) groups is 1. The summed E-state index contributed by atoms with van der Waals surface area (Å²) >= 11 is 1.54. The van der Waals surface area contributed by atoms with Crippen molar-refractivity contribution in [1.82, 2.24) is 0 Å². The zero-order valence-corrected chi connectivity index (χ0v) is 10.6. The number of nitrogen functional groups attached to an aromatic ring is 1. The van der Waals surface area contributed by atoms with Gasteiger partial charge in [0.2, 0.25) is 5.91 Å². The van der Waals surface area contributed by atoms with Crippen molar-refractivity contribution in [3.8, 4) is 0 Å². The Morgan fingerprint density at radius 3 is 2.81 bits per heavy atom. The van der Waals surface area contributed by atoms with Crippen LogP contribution in [-0.4, -0.2) is 24.5 Å². The van der Waals surface area contributed by atoms with Gasteiger partial charge in [-0.3, -0.25) is 4.79 Å². The first-order chi connectivity index (χ1) is 7.69. The molecule has 16 heavy (non-hydrogen) atoms. The van der Waals surface area contributed by atoms with Crippen LogP contribution in [0.5, 0.6) is 0 Å². The van der Waals surface area contributed by atoms with Crippen LogP contribution in [0, 0.1) is 0 Å². The smallest absolute Gasteiger partial charge is 0.236 e. The molecule has 1 rings (SSSR count). The summed E-state index contributed by atoms with van der Waals surface area (Å²) < 4.78 is 0. The van der Waals surface area contributed by atoms with Crippen molar-refractivity contribution >= 4 is 29.0 Å².